The van der Waals surface area contributed by atoms with Crippen molar-refractivity contribution in [3.05, 3.63) is 0 Å². The quantitative estimate of drug-likeness (QED) is 0.643. The molecule has 0 bridgehead atoms. The summed E-state index contributed by atoms with van der Waals surface area (Å²) in [4.78, 5) is 10.8. The molecule has 72 valence electrons. The Morgan fingerprint density at radius 3 is 2.17 bits per heavy atom. The van der Waals surface area contributed by atoms with E-state index in [1.807, 2.05) is 0 Å². The summed E-state index contributed by atoms with van der Waals surface area (Å²) in [6.45, 7) is -1.58. The number of carbonyl (C=O) groups excluding carboxylic acids is 1. The molecule has 0 aromatic heterocycles. The molecule has 0 heterocycles. The highest BCUT2D eigenvalue weighted by atomic mass is 19.4. The molecule has 0 saturated carbocycles. The lowest BCUT2D eigenvalue weighted by Gasteiger charge is -2.20. The van der Waals surface area contributed by atoms with Crippen molar-refractivity contribution < 1.29 is 18.0 Å². The molecule has 0 radical (unpaired) electrons. The molecule has 0 fully saturated rings. The normalized spacial score (nSPS) is 11.3. The monoisotopic (exact) mass is 185 g/mol. The van der Waals surface area contributed by atoms with Crippen molar-refractivity contribution in [2.24, 2.45) is 11.5 Å². The van der Waals surface area contributed by atoms with Crippen LogP contribution in [-0.4, -0.2) is 36.7 Å². The van der Waals surface area contributed by atoms with Crippen molar-refractivity contribution in [1.82, 2.24) is 4.90 Å². The molecule has 0 spiro atoms. The highest BCUT2D eigenvalue weighted by molar-refractivity contribution is 5.72. The second kappa shape index (κ2) is 4.15. The smallest absolute Gasteiger partial charge is 0.351 e. The van der Waals surface area contributed by atoms with Crippen LogP contribution < -0.4 is 11.5 Å². The van der Waals surface area contributed by atoms with Crippen LogP contribution in [0.5, 0.6) is 0 Å². The summed E-state index contributed by atoms with van der Waals surface area (Å²) in [6, 6.07) is -1.11. The van der Waals surface area contributed by atoms with E-state index in [1.165, 1.54) is 0 Å². The first-order chi connectivity index (χ1) is 5.37. The van der Waals surface area contributed by atoms with Gasteiger partial charge in [0.2, 0.25) is 0 Å². The largest absolute Gasteiger partial charge is 0.406 e. The van der Waals surface area contributed by atoms with E-state index in [1.54, 1.807) is 0 Å². The Balaban J connectivity index is 4.05. The molecule has 0 aromatic carbocycles. The van der Waals surface area contributed by atoms with Crippen LogP contribution in [0.15, 0.2) is 0 Å². The number of rotatable bonds is 3. The highest BCUT2D eigenvalue weighted by Gasteiger charge is 2.31. The van der Waals surface area contributed by atoms with Crippen LogP contribution in [0, 0.1) is 0 Å². The van der Waals surface area contributed by atoms with Gasteiger partial charge in [-0.2, -0.15) is 13.2 Å². The standard InChI is InChI=1S/C5H10F3N3O/c6-5(7,8)3-11(2-1-9)4(10)12/h1-3,9H2,(H2,10,12). The third kappa shape index (κ3) is 4.78. The van der Waals surface area contributed by atoms with Gasteiger partial charge in [0.15, 0.2) is 0 Å². The number of amides is 2. The van der Waals surface area contributed by atoms with Crippen LogP contribution in [0.4, 0.5) is 18.0 Å². The van der Waals surface area contributed by atoms with E-state index >= 15 is 0 Å². The number of alkyl halides is 3. The Kier molecular flexibility index (Phi) is 3.81. The van der Waals surface area contributed by atoms with E-state index in [0.29, 0.717) is 4.90 Å². The zero-order chi connectivity index (χ0) is 9.78. The summed E-state index contributed by atoms with van der Waals surface area (Å²) in [7, 11) is 0. The molecule has 12 heavy (non-hydrogen) atoms. The Hall–Kier alpha value is -0.980. The Bertz CT molecular complexity index is 159. The van der Waals surface area contributed by atoms with Crippen molar-refractivity contribution in [2.45, 2.75) is 6.18 Å². The van der Waals surface area contributed by atoms with E-state index < -0.39 is 18.8 Å². The fourth-order valence-corrected chi connectivity index (χ4v) is 0.639. The van der Waals surface area contributed by atoms with Crippen LogP contribution in [0.3, 0.4) is 0 Å². The molecule has 0 atom stereocenters. The van der Waals surface area contributed by atoms with Crippen LogP contribution in [0.1, 0.15) is 0 Å². The van der Waals surface area contributed by atoms with Crippen LogP contribution in [-0.2, 0) is 0 Å². The summed E-state index contributed by atoms with van der Waals surface area (Å²) < 4.78 is 35.1. The molecule has 4 nitrogen and oxygen atoms in total. The maximum atomic E-state index is 11.7. The number of carbonyl (C=O) groups is 1. The van der Waals surface area contributed by atoms with Gasteiger partial charge in [0.1, 0.15) is 6.54 Å². The fourth-order valence-electron chi connectivity index (χ4n) is 0.639. The van der Waals surface area contributed by atoms with E-state index in [-0.39, 0.29) is 13.1 Å². The second-order valence-corrected chi connectivity index (χ2v) is 2.16. The first-order valence-electron chi connectivity index (χ1n) is 3.18. The molecule has 7 heteroatoms. The van der Waals surface area contributed by atoms with Crippen molar-refractivity contribution in [3.63, 3.8) is 0 Å². The van der Waals surface area contributed by atoms with Crippen LogP contribution >= 0.6 is 0 Å². The number of hydrogen-bond acceptors (Lipinski definition) is 2. The van der Waals surface area contributed by atoms with Gasteiger partial charge in [0.05, 0.1) is 0 Å². The van der Waals surface area contributed by atoms with Gasteiger partial charge in [0, 0.05) is 13.1 Å². The average molecular weight is 185 g/mol. The van der Waals surface area contributed by atoms with Crippen molar-refractivity contribution in [2.75, 3.05) is 19.6 Å². The van der Waals surface area contributed by atoms with Gasteiger partial charge in [-0.25, -0.2) is 4.79 Å². The van der Waals surface area contributed by atoms with E-state index in [2.05, 4.69) is 5.73 Å². The molecule has 0 aliphatic heterocycles. The zero-order valence-corrected chi connectivity index (χ0v) is 6.27. The van der Waals surface area contributed by atoms with Gasteiger partial charge in [-0.1, -0.05) is 0 Å². The molecule has 2 amide bonds. The third-order valence-corrected chi connectivity index (χ3v) is 1.08. The predicted octanol–water partition coefficient (Wildman–Crippen LogP) is -0.112. The molecule has 0 rings (SSSR count). The van der Waals surface area contributed by atoms with Crippen molar-refractivity contribution in [1.29, 1.82) is 0 Å². The van der Waals surface area contributed by atoms with E-state index in [0.717, 1.165) is 0 Å². The number of primary amides is 1. The fraction of sp³-hybridized carbons (Fsp3) is 0.800. The van der Waals surface area contributed by atoms with Gasteiger partial charge in [-0.15, -0.1) is 0 Å². The summed E-state index contributed by atoms with van der Waals surface area (Å²) in [5.74, 6) is 0. The van der Waals surface area contributed by atoms with Gasteiger partial charge < -0.3 is 16.4 Å². The Morgan fingerprint density at radius 2 is 1.92 bits per heavy atom. The van der Waals surface area contributed by atoms with Crippen molar-refractivity contribution >= 4 is 6.03 Å². The maximum Gasteiger partial charge on any atom is 0.406 e. The minimum absolute atomic E-state index is 0.0426. The molecule has 4 N–H and O–H groups in total. The van der Waals surface area contributed by atoms with Gasteiger partial charge >= 0.3 is 12.2 Å². The van der Waals surface area contributed by atoms with Crippen molar-refractivity contribution in [3.8, 4) is 0 Å². The van der Waals surface area contributed by atoms with Gasteiger partial charge in [-0.05, 0) is 0 Å². The van der Waals surface area contributed by atoms with Crippen LogP contribution in [0.25, 0.3) is 0 Å². The first-order valence-corrected chi connectivity index (χ1v) is 3.18. The maximum absolute atomic E-state index is 11.7. The van der Waals surface area contributed by atoms with E-state index in [9.17, 15) is 18.0 Å². The number of nitrogens with two attached hydrogens (primary N) is 2. The summed E-state index contributed by atoms with van der Waals surface area (Å²) >= 11 is 0. The molecule has 0 aromatic rings. The Labute approximate surface area is 67.3 Å². The minimum atomic E-state index is -4.43. The first kappa shape index (κ1) is 11.0. The predicted molar refractivity (Wildman–Crippen MR) is 36.3 cm³/mol. The number of nitrogens with zero attached hydrogens (tertiary/aromatic N) is 1. The molecule has 0 saturated heterocycles. The summed E-state index contributed by atoms with van der Waals surface area (Å²) in [5, 5.41) is 0. The van der Waals surface area contributed by atoms with Gasteiger partial charge in [0.25, 0.3) is 0 Å². The average Bonchev–Trinajstić information content (AvgIpc) is 1.83. The summed E-state index contributed by atoms with van der Waals surface area (Å²) in [5.41, 5.74) is 9.63. The van der Waals surface area contributed by atoms with Crippen LogP contribution in [0.2, 0.25) is 0 Å². The lowest BCUT2D eigenvalue weighted by atomic mass is 10.5. The lowest BCUT2D eigenvalue weighted by molar-refractivity contribution is -0.139. The second-order valence-electron chi connectivity index (χ2n) is 2.16. The number of urea groups is 1. The highest BCUT2D eigenvalue weighted by Crippen LogP contribution is 2.15. The molecular formula is C5H10F3N3O. The minimum Gasteiger partial charge on any atom is -0.351 e. The Morgan fingerprint density at radius 1 is 1.42 bits per heavy atom. The molecule has 0 aliphatic carbocycles. The number of hydrogen-bond donors (Lipinski definition) is 2. The van der Waals surface area contributed by atoms with E-state index in [4.69, 9.17) is 5.73 Å². The lowest BCUT2D eigenvalue weighted by Crippen LogP contribution is -2.44. The third-order valence-electron chi connectivity index (χ3n) is 1.08. The van der Waals surface area contributed by atoms with Gasteiger partial charge in [-0.3, -0.25) is 0 Å². The molecule has 0 aliphatic rings. The molecule has 0 unspecified atom stereocenters. The number of halogens is 3. The molecular weight excluding hydrogens is 175 g/mol. The SMILES string of the molecule is NCCN(CC(F)(F)F)C(N)=O. The zero-order valence-electron chi connectivity index (χ0n) is 6.27. The topological polar surface area (TPSA) is 72.3 Å². The summed E-state index contributed by atoms with van der Waals surface area (Å²) in [6.07, 6.45) is -4.43.